The highest BCUT2D eigenvalue weighted by molar-refractivity contribution is 7.59. The van der Waals surface area contributed by atoms with Crippen LogP contribution >= 0.6 is 7.37 Å². The van der Waals surface area contributed by atoms with Crippen molar-refractivity contribution in [3.8, 4) is 0 Å². The normalized spacial score (nSPS) is 19.0. The second-order valence-electron chi connectivity index (χ2n) is 6.50. The molecule has 7 heteroatoms. The zero-order valence-corrected chi connectivity index (χ0v) is 16.2. The van der Waals surface area contributed by atoms with Gasteiger partial charge < -0.3 is 14.6 Å². The number of carbonyl (C=O) groups is 2. The molecule has 0 radical (unpaired) electrons. The van der Waals surface area contributed by atoms with E-state index in [1.54, 1.807) is 6.92 Å². The minimum absolute atomic E-state index is 0.265. The predicted molar refractivity (Wildman–Crippen MR) is 100 cm³/mol. The zero-order chi connectivity index (χ0) is 18.8. The number of ether oxygens (including phenoxy) is 1. The van der Waals surface area contributed by atoms with Crippen LogP contribution in [0.15, 0.2) is 30.3 Å². The molecule has 1 aromatic rings. The van der Waals surface area contributed by atoms with Crippen LogP contribution in [0.3, 0.4) is 0 Å². The number of rotatable bonds is 10. The van der Waals surface area contributed by atoms with Gasteiger partial charge in [0.2, 0.25) is 7.37 Å². The van der Waals surface area contributed by atoms with Crippen LogP contribution in [0.25, 0.3) is 0 Å². The first-order valence-corrected chi connectivity index (χ1v) is 11.3. The van der Waals surface area contributed by atoms with E-state index in [1.807, 2.05) is 18.2 Å². The number of esters is 2. The van der Waals surface area contributed by atoms with Gasteiger partial charge in [0.1, 0.15) is 12.2 Å². The molecular weight excluding hydrogens is 353 g/mol. The lowest BCUT2D eigenvalue weighted by Crippen LogP contribution is -2.34. The SMILES string of the molecule is CCOP(=O)(CCCCc1ccccc1)CC(=O)OC(=O)[C@@H]1CCCN1. The molecule has 1 saturated heterocycles. The van der Waals surface area contributed by atoms with Crippen molar-refractivity contribution in [1.82, 2.24) is 5.32 Å². The molecule has 1 N–H and O–H groups in total. The fraction of sp³-hybridized carbons (Fsp3) is 0.579. The van der Waals surface area contributed by atoms with E-state index in [0.29, 0.717) is 19.0 Å². The number of unbranched alkanes of at least 4 members (excludes halogenated alkanes) is 1. The van der Waals surface area contributed by atoms with Crippen molar-refractivity contribution >= 4 is 19.3 Å². The van der Waals surface area contributed by atoms with Crippen LogP contribution in [0.4, 0.5) is 0 Å². The Kier molecular flexibility index (Phi) is 8.49. The van der Waals surface area contributed by atoms with E-state index in [4.69, 9.17) is 9.26 Å². The van der Waals surface area contributed by atoms with Crippen LogP contribution in [0, 0.1) is 0 Å². The minimum Gasteiger partial charge on any atom is -0.392 e. The lowest BCUT2D eigenvalue weighted by Gasteiger charge is -2.17. The van der Waals surface area contributed by atoms with Crippen molar-refractivity contribution in [1.29, 1.82) is 0 Å². The average Bonchev–Trinajstić information content (AvgIpc) is 3.14. The van der Waals surface area contributed by atoms with Crippen molar-refractivity contribution in [2.24, 2.45) is 0 Å². The number of carbonyl (C=O) groups excluding carboxylic acids is 2. The Bertz CT molecular complexity index is 628. The van der Waals surface area contributed by atoms with Crippen LogP contribution in [-0.4, -0.2) is 43.5 Å². The third-order valence-corrected chi connectivity index (χ3v) is 6.82. The lowest BCUT2D eigenvalue weighted by atomic mass is 10.1. The molecule has 1 heterocycles. The van der Waals surface area contributed by atoms with Crippen molar-refractivity contribution in [3.05, 3.63) is 35.9 Å². The standard InChI is InChI=1S/C19H28NO5P/c1-2-24-26(23,14-7-6-11-16-9-4-3-5-10-16)15-18(21)25-19(22)17-12-8-13-20-17/h3-5,9-10,17,20H,2,6-8,11-15H2,1H3/t17-,26?/m0/s1. The molecule has 1 aliphatic rings. The highest BCUT2D eigenvalue weighted by atomic mass is 31.2. The molecule has 144 valence electrons. The summed E-state index contributed by atoms with van der Waals surface area (Å²) >= 11 is 0. The van der Waals surface area contributed by atoms with Crippen LogP contribution in [0.2, 0.25) is 0 Å². The van der Waals surface area contributed by atoms with E-state index in [-0.39, 0.29) is 12.8 Å². The Morgan fingerprint density at radius 1 is 1.23 bits per heavy atom. The summed E-state index contributed by atoms with van der Waals surface area (Å²) in [6.07, 6.45) is 3.96. The van der Waals surface area contributed by atoms with Crippen molar-refractivity contribution < 1.29 is 23.4 Å². The van der Waals surface area contributed by atoms with Gasteiger partial charge in [-0.25, -0.2) is 4.79 Å². The van der Waals surface area contributed by atoms with E-state index in [2.05, 4.69) is 17.4 Å². The molecule has 6 nitrogen and oxygen atoms in total. The molecule has 1 fully saturated rings. The first kappa shape index (κ1) is 20.8. The molecule has 2 rings (SSSR count). The highest BCUT2D eigenvalue weighted by Gasteiger charge is 2.31. The fourth-order valence-corrected chi connectivity index (χ4v) is 5.06. The first-order valence-electron chi connectivity index (χ1n) is 9.27. The summed E-state index contributed by atoms with van der Waals surface area (Å²) in [4.78, 5) is 23.9. The monoisotopic (exact) mass is 381 g/mol. The van der Waals surface area contributed by atoms with Crippen molar-refractivity contribution in [2.75, 3.05) is 25.5 Å². The highest BCUT2D eigenvalue weighted by Crippen LogP contribution is 2.47. The van der Waals surface area contributed by atoms with Gasteiger partial charge in [-0.15, -0.1) is 0 Å². The summed E-state index contributed by atoms with van der Waals surface area (Å²) < 4.78 is 23.1. The number of hydrogen-bond donors (Lipinski definition) is 1. The Labute approximate surface area is 155 Å². The molecule has 1 aliphatic heterocycles. The third-order valence-electron chi connectivity index (χ3n) is 4.35. The summed E-state index contributed by atoms with van der Waals surface area (Å²) in [5, 5.41) is 2.98. The van der Waals surface area contributed by atoms with Crippen LogP contribution in [-0.2, 0) is 29.8 Å². The van der Waals surface area contributed by atoms with Gasteiger partial charge >= 0.3 is 11.9 Å². The fourth-order valence-electron chi connectivity index (χ4n) is 3.05. The molecule has 1 unspecified atom stereocenters. The number of nitrogens with one attached hydrogen (secondary N) is 1. The van der Waals surface area contributed by atoms with E-state index in [9.17, 15) is 14.2 Å². The van der Waals surface area contributed by atoms with Gasteiger partial charge in [-0.05, 0) is 51.1 Å². The molecule has 0 bridgehead atoms. The summed E-state index contributed by atoms with van der Waals surface area (Å²) in [6.45, 7) is 2.75. The Morgan fingerprint density at radius 2 is 2.00 bits per heavy atom. The van der Waals surface area contributed by atoms with Gasteiger partial charge in [0.05, 0.1) is 6.61 Å². The summed E-state index contributed by atoms with van der Waals surface area (Å²) in [7, 11) is -3.13. The number of aryl methyl sites for hydroxylation is 1. The molecule has 2 atom stereocenters. The van der Waals surface area contributed by atoms with Gasteiger partial charge in [0.15, 0.2) is 0 Å². The van der Waals surface area contributed by atoms with E-state index in [0.717, 1.165) is 25.8 Å². The van der Waals surface area contributed by atoms with Gasteiger partial charge in [0.25, 0.3) is 0 Å². The van der Waals surface area contributed by atoms with Gasteiger partial charge in [0, 0.05) is 6.16 Å². The van der Waals surface area contributed by atoms with E-state index >= 15 is 0 Å². The quantitative estimate of drug-likeness (QED) is 0.290. The molecule has 1 aromatic carbocycles. The van der Waals surface area contributed by atoms with Gasteiger partial charge in [-0.2, -0.15) is 0 Å². The maximum Gasteiger partial charge on any atom is 0.330 e. The first-order chi connectivity index (χ1) is 12.5. The molecule has 0 aliphatic carbocycles. The number of benzene rings is 1. The largest absolute Gasteiger partial charge is 0.392 e. The maximum absolute atomic E-state index is 12.9. The maximum atomic E-state index is 12.9. The molecule has 0 saturated carbocycles. The summed E-state index contributed by atoms with van der Waals surface area (Å²) in [6, 6.07) is 9.64. The van der Waals surface area contributed by atoms with E-state index < -0.39 is 25.3 Å². The molecule has 0 amide bonds. The molecule has 0 spiro atoms. The van der Waals surface area contributed by atoms with Crippen LogP contribution in [0.1, 0.15) is 38.2 Å². The second kappa shape index (κ2) is 10.6. The minimum atomic E-state index is -3.13. The summed E-state index contributed by atoms with van der Waals surface area (Å²) in [5.74, 6) is -1.34. The molecular formula is C19H28NO5P. The van der Waals surface area contributed by atoms with Gasteiger partial charge in [-0.3, -0.25) is 9.36 Å². The lowest BCUT2D eigenvalue weighted by molar-refractivity contribution is -0.159. The smallest absolute Gasteiger partial charge is 0.330 e. The molecule has 26 heavy (non-hydrogen) atoms. The van der Waals surface area contributed by atoms with Crippen molar-refractivity contribution in [2.45, 2.75) is 45.1 Å². The topological polar surface area (TPSA) is 81.7 Å². The average molecular weight is 381 g/mol. The van der Waals surface area contributed by atoms with Gasteiger partial charge in [-0.1, -0.05) is 30.3 Å². The number of hydrogen-bond acceptors (Lipinski definition) is 6. The predicted octanol–water partition coefficient (Wildman–Crippen LogP) is 3.15. The van der Waals surface area contributed by atoms with Crippen molar-refractivity contribution in [3.63, 3.8) is 0 Å². The second-order valence-corrected chi connectivity index (χ2v) is 9.15. The Balaban J connectivity index is 1.78. The van der Waals surface area contributed by atoms with Crippen LogP contribution < -0.4 is 5.32 Å². The zero-order valence-electron chi connectivity index (χ0n) is 15.3. The molecule has 0 aromatic heterocycles. The van der Waals surface area contributed by atoms with Crippen LogP contribution in [0.5, 0.6) is 0 Å². The Morgan fingerprint density at radius 3 is 2.65 bits per heavy atom. The Hall–Kier alpha value is -1.49. The third kappa shape index (κ3) is 7.02. The van der Waals surface area contributed by atoms with E-state index in [1.165, 1.54) is 5.56 Å². The summed E-state index contributed by atoms with van der Waals surface area (Å²) in [5.41, 5.74) is 1.23.